The molecule has 1 saturated carbocycles. The summed E-state index contributed by atoms with van der Waals surface area (Å²) in [6.45, 7) is 4.47. The SMILES string of the molecule is BC1(S(=O)(=O)NC(CCCCCCC)CCCCCCC)CCCCC1. The Balaban J connectivity index is 2.54. The summed E-state index contributed by atoms with van der Waals surface area (Å²) in [5, 5.41) is 0. The summed E-state index contributed by atoms with van der Waals surface area (Å²) in [5.41, 5.74) is 0. The van der Waals surface area contributed by atoms with Crippen LogP contribution in [0.15, 0.2) is 0 Å². The van der Waals surface area contributed by atoms with E-state index in [1.807, 2.05) is 7.85 Å². The number of sulfonamides is 1. The van der Waals surface area contributed by atoms with Crippen molar-refractivity contribution < 1.29 is 8.42 Å². The Kier molecular flexibility index (Phi) is 12.2. The van der Waals surface area contributed by atoms with E-state index < -0.39 is 14.7 Å². The van der Waals surface area contributed by atoms with E-state index in [9.17, 15) is 8.42 Å². The predicted octanol–water partition coefficient (Wildman–Crippen LogP) is 5.29. The van der Waals surface area contributed by atoms with Gasteiger partial charge in [-0.3, -0.25) is 0 Å². The van der Waals surface area contributed by atoms with Crippen LogP contribution in [-0.2, 0) is 10.0 Å². The molecular formula is C21H44BNO2S. The molecule has 5 heteroatoms. The van der Waals surface area contributed by atoms with Gasteiger partial charge in [-0.25, -0.2) is 13.1 Å². The van der Waals surface area contributed by atoms with Crippen LogP contribution in [0.4, 0.5) is 0 Å². The minimum Gasteiger partial charge on any atom is -0.213 e. The standard InChI is InChI=1S/C21H44BNO2S/c1-3-5-7-9-12-16-20(17-13-10-8-6-4-2)23-26(24,25)21(22)18-14-11-15-19-21/h20,23H,3-19,22H2,1-2H3. The predicted molar refractivity (Wildman–Crippen MR) is 117 cm³/mol. The molecule has 1 aliphatic rings. The van der Waals surface area contributed by atoms with Crippen LogP contribution >= 0.6 is 0 Å². The third-order valence-corrected chi connectivity index (χ3v) is 8.54. The van der Waals surface area contributed by atoms with Gasteiger partial charge in [0.2, 0.25) is 10.0 Å². The molecule has 1 rings (SSSR count). The van der Waals surface area contributed by atoms with Gasteiger partial charge in [-0.1, -0.05) is 97.3 Å². The van der Waals surface area contributed by atoms with E-state index in [2.05, 4.69) is 18.6 Å². The number of hydrogen-bond donors (Lipinski definition) is 1. The molecule has 0 saturated heterocycles. The summed E-state index contributed by atoms with van der Waals surface area (Å²) >= 11 is 0. The fourth-order valence-electron chi connectivity index (χ4n) is 4.18. The van der Waals surface area contributed by atoms with Crippen molar-refractivity contribution in [2.75, 3.05) is 0 Å². The highest BCUT2D eigenvalue weighted by molar-refractivity contribution is 7.92. The first-order valence-corrected chi connectivity index (χ1v) is 13.0. The number of unbranched alkanes of at least 4 members (excludes halogenated alkanes) is 8. The van der Waals surface area contributed by atoms with Crippen LogP contribution < -0.4 is 4.72 Å². The van der Waals surface area contributed by atoms with E-state index in [1.54, 1.807) is 0 Å². The lowest BCUT2D eigenvalue weighted by atomic mass is 9.74. The topological polar surface area (TPSA) is 46.2 Å². The van der Waals surface area contributed by atoms with Crippen molar-refractivity contribution in [3.8, 4) is 0 Å². The van der Waals surface area contributed by atoms with Crippen LogP contribution in [0.5, 0.6) is 0 Å². The Morgan fingerprint density at radius 2 is 1.27 bits per heavy atom. The maximum atomic E-state index is 13.1. The molecule has 0 aliphatic heterocycles. The van der Waals surface area contributed by atoms with Gasteiger partial charge in [-0.2, -0.15) is 0 Å². The molecule has 0 aromatic carbocycles. The lowest BCUT2D eigenvalue weighted by Crippen LogP contribution is -2.51. The largest absolute Gasteiger partial charge is 0.213 e. The van der Waals surface area contributed by atoms with Gasteiger partial charge in [-0.05, 0) is 25.7 Å². The Hall–Kier alpha value is -0.0251. The van der Waals surface area contributed by atoms with E-state index in [0.29, 0.717) is 0 Å². The quantitative estimate of drug-likeness (QED) is 0.308. The van der Waals surface area contributed by atoms with E-state index in [-0.39, 0.29) is 6.04 Å². The van der Waals surface area contributed by atoms with Gasteiger partial charge in [0, 0.05) is 6.04 Å². The molecule has 0 spiro atoms. The molecule has 1 N–H and O–H groups in total. The zero-order valence-corrected chi connectivity index (χ0v) is 18.6. The fourth-order valence-corrected chi connectivity index (χ4v) is 5.97. The van der Waals surface area contributed by atoms with Crippen molar-refractivity contribution in [1.82, 2.24) is 4.72 Å². The number of hydrogen-bond acceptors (Lipinski definition) is 2. The average Bonchev–Trinajstić information content (AvgIpc) is 2.61. The minimum absolute atomic E-state index is 0.141. The Bertz CT molecular complexity index is 433. The van der Waals surface area contributed by atoms with Crippen molar-refractivity contribution in [3.05, 3.63) is 0 Å². The van der Waals surface area contributed by atoms with Crippen molar-refractivity contribution in [1.29, 1.82) is 0 Å². The van der Waals surface area contributed by atoms with Crippen molar-refractivity contribution in [2.45, 2.75) is 134 Å². The highest BCUT2D eigenvalue weighted by atomic mass is 32.2. The third kappa shape index (κ3) is 8.78. The van der Waals surface area contributed by atoms with E-state index in [0.717, 1.165) is 51.4 Å². The molecule has 0 atom stereocenters. The van der Waals surface area contributed by atoms with Crippen LogP contribution in [0.2, 0.25) is 0 Å². The van der Waals surface area contributed by atoms with Gasteiger partial charge in [-0.15, -0.1) is 0 Å². The average molecular weight is 385 g/mol. The molecule has 0 heterocycles. The van der Waals surface area contributed by atoms with Gasteiger partial charge >= 0.3 is 0 Å². The lowest BCUT2D eigenvalue weighted by Gasteiger charge is -2.35. The van der Waals surface area contributed by atoms with Crippen LogP contribution in [-0.4, -0.2) is 27.0 Å². The van der Waals surface area contributed by atoms with Crippen molar-refractivity contribution in [3.63, 3.8) is 0 Å². The second kappa shape index (κ2) is 13.2. The normalized spacial score (nSPS) is 17.7. The van der Waals surface area contributed by atoms with Gasteiger partial charge in [0.1, 0.15) is 7.85 Å². The molecule has 1 fully saturated rings. The molecule has 154 valence electrons. The zero-order valence-electron chi connectivity index (χ0n) is 17.8. The zero-order chi connectivity index (χ0) is 19.3. The van der Waals surface area contributed by atoms with Crippen LogP contribution in [0.25, 0.3) is 0 Å². The molecule has 3 nitrogen and oxygen atoms in total. The Morgan fingerprint density at radius 1 is 0.808 bits per heavy atom. The monoisotopic (exact) mass is 385 g/mol. The summed E-state index contributed by atoms with van der Waals surface area (Å²) in [6, 6.07) is 0.141. The van der Waals surface area contributed by atoms with Gasteiger partial charge < -0.3 is 0 Å². The summed E-state index contributed by atoms with van der Waals surface area (Å²) in [4.78, 5) is 0. The van der Waals surface area contributed by atoms with E-state index in [1.165, 1.54) is 57.8 Å². The second-order valence-corrected chi connectivity index (χ2v) is 11.0. The fraction of sp³-hybridized carbons (Fsp3) is 1.00. The molecule has 0 radical (unpaired) electrons. The number of rotatable bonds is 15. The minimum atomic E-state index is -3.23. The maximum absolute atomic E-state index is 13.1. The summed E-state index contributed by atoms with van der Waals surface area (Å²) in [6.07, 6.45) is 19.4. The first-order valence-electron chi connectivity index (χ1n) is 11.5. The Morgan fingerprint density at radius 3 is 1.73 bits per heavy atom. The summed E-state index contributed by atoms with van der Waals surface area (Å²) in [5.74, 6) is 0. The molecule has 0 unspecified atom stereocenters. The molecule has 0 aromatic heterocycles. The highest BCUT2D eigenvalue weighted by Gasteiger charge is 2.40. The summed E-state index contributed by atoms with van der Waals surface area (Å²) in [7, 11) is -1.26. The van der Waals surface area contributed by atoms with Gasteiger partial charge in [0.15, 0.2) is 0 Å². The van der Waals surface area contributed by atoms with E-state index in [4.69, 9.17) is 0 Å². The lowest BCUT2D eigenvalue weighted by molar-refractivity contribution is 0.422. The molecule has 0 amide bonds. The first-order chi connectivity index (χ1) is 12.4. The number of nitrogens with one attached hydrogen (secondary N) is 1. The van der Waals surface area contributed by atoms with Gasteiger partial charge in [0.25, 0.3) is 0 Å². The maximum Gasteiger partial charge on any atom is 0.209 e. The molecule has 26 heavy (non-hydrogen) atoms. The first kappa shape index (κ1) is 24.0. The van der Waals surface area contributed by atoms with Crippen LogP contribution in [0.3, 0.4) is 0 Å². The van der Waals surface area contributed by atoms with Crippen molar-refractivity contribution >= 4 is 17.9 Å². The Labute approximate surface area is 164 Å². The smallest absolute Gasteiger partial charge is 0.209 e. The highest BCUT2D eigenvalue weighted by Crippen LogP contribution is 2.32. The summed E-state index contributed by atoms with van der Waals surface area (Å²) < 4.78 is 28.8. The van der Waals surface area contributed by atoms with Crippen molar-refractivity contribution in [2.24, 2.45) is 0 Å². The van der Waals surface area contributed by atoms with Gasteiger partial charge in [0.05, 0.1) is 4.65 Å². The molecular weight excluding hydrogens is 341 g/mol. The molecule has 0 aromatic rings. The molecule has 0 bridgehead atoms. The van der Waals surface area contributed by atoms with E-state index >= 15 is 0 Å². The van der Waals surface area contributed by atoms with Crippen LogP contribution in [0, 0.1) is 0 Å². The third-order valence-electron chi connectivity index (χ3n) is 6.19. The second-order valence-electron chi connectivity index (χ2n) is 8.73. The van der Waals surface area contributed by atoms with Crippen LogP contribution in [0.1, 0.15) is 123 Å². The molecule has 1 aliphatic carbocycles.